The minimum absolute atomic E-state index is 0.234. The van der Waals surface area contributed by atoms with Crippen molar-refractivity contribution >= 4 is 37.7 Å². The van der Waals surface area contributed by atoms with Gasteiger partial charge in [-0.25, -0.2) is 4.99 Å². The molecule has 0 aliphatic heterocycles. The van der Waals surface area contributed by atoms with E-state index in [1.54, 1.807) is 61.2 Å². The number of aliphatic imine (C=N–C) groups is 1. The molecule has 31 heavy (non-hydrogen) atoms. The van der Waals surface area contributed by atoms with Gasteiger partial charge in [0.25, 0.3) is 5.91 Å². The molecule has 2 aromatic rings. The highest BCUT2D eigenvalue weighted by atomic mass is 32.2. The monoisotopic (exact) mass is 464 g/mol. The molecular weight excluding hydrogens is 439 g/mol. The van der Waals surface area contributed by atoms with E-state index in [-0.39, 0.29) is 12.0 Å². The first-order valence-electron chi connectivity index (χ1n) is 9.19. The smallest absolute Gasteiger partial charge is 0.256 e. The Morgan fingerprint density at radius 1 is 1.19 bits per heavy atom. The molecular formula is C21H25N2O6PS. The van der Waals surface area contributed by atoms with E-state index in [1.165, 1.54) is 18.1 Å². The molecule has 0 aromatic heterocycles. The number of nitrogens with one attached hydrogen (secondary N) is 1. The lowest BCUT2D eigenvalue weighted by atomic mass is 10.2. The van der Waals surface area contributed by atoms with Crippen LogP contribution in [0.3, 0.4) is 0 Å². The number of ether oxygens (including phenoxy) is 3. The number of carbonyl (C=O) groups is 1. The summed E-state index contributed by atoms with van der Waals surface area (Å²) in [5.41, 5.74) is 0.322. The van der Waals surface area contributed by atoms with E-state index in [0.29, 0.717) is 34.7 Å². The van der Waals surface area contributed by atoms with Crippen LogP contribution < -0.4 is 20.1 Å². The van der Waals surface area contributed by atoms with Crippen LogP contribution in [0.1, 0.15) is 17.3 Å². The van der Waals surface area contributed by atoms with Crippen LogP contribution in [0.25, 0.3) is 0 Å². The maximum atomic E-state index is 12.5. The van der Waals surface area contributed by atoms with E-state index in [2.05, 4.69) is 10.3 Å². The number of nitrogens with zero attached hydrogens (tertiary/aromatic N) is 1. The Kier molecular flexibility index (Phi) is 10.5. The Morgan fingerprint density at radius 2 is 1.90 bits per heavy atom. The molecule has 0 aliphatic carbocycles. The van der Waals surface area contributed by atoms with Crippen LogP contribution >= 0.6 is 20.1 Å². The largest absolute Gasteiger partial charge is 0.488 e. The summed E-state index contributed by atoms with van der Waals surface area (Å²) in [7, 11) is -0.588. The molecule has 0 spiro atoms. The van der Waals surface area contributed by atoms with Crippen molar-refractivity contribution in [1.29, 1.82) is 0 Å². The lowest BCUT2D eigenvalue weighted by Crippen LogP contribution is -2.22. The van der Waals surface area contributed by atoms with Gasteiger partial charge in [-0.15, -0.1) is 11.8 Å². The molecule has 0 fully saturated rings. The van der Waals surface area contributed by atoms with Gasteiger partial charge in [-0.05, 0) is 55.0 Å². The molecule has 0 bridgehead atoms. The van der Waals surface area contributed by atoms with E-state index >= 15 is 0 Å². The molecule has 8 nitrogen and oxygen atoms in total. The Labute approximate surface area is 186 Å². The van der Waals surface area contributed by atoms with Gasteiger partial charge < -0.3 is 29.3 Å². The number of amides is 1. The van der Waals surface area contributed by atoms with Crippen molar-refractivity contribution in [3.63, 3.8) is 0 Å². The predicted molar refractivity (Wildman–Crippen MR) is 125 cm³/mol. The lowest BCUT2D eigenvalue weighted by Gasteiger charge is -2.16. The quantitative estimate of drug-likeness (QED) is 0.266. The van der Waals surface area contributed by atoms with Crippen molar-refractivity contribution in [1.82, 2.24) is 5.32 Å². The maximum Gasteiger partial charge on any atom is 0.256 e. The van der Waals surface area contributed by atoms with Crippen molar-refractivity contribution in [2.75, 3.05) is 20.0 Å². The van der Waals surface area contributed by atoms with Gasteiger partial charge in [0.05, 0.1) is 12.9 Å². The minimum atomic E-state index is -2.17. The van der Waals surface area contributed by atoms with Crippen LogP contribution in [0.15, 0.2) is 59.1 Å². The van der Waals surface area contributed by atoms with Crippen LogP contribution in [0.4, 0.5) is 0 Å². The number of rotatable bonds is 11. The molecule has 2 rings (SSSR count). The first-order chi connectivity index (χ1) is 14.9. The van der Waals surface area contributed by atoms with Crippen molar-refractivity contribution in [2.24, 2.45) is 4.99 Å². The van der Waals surface area contributed by atoms with E-state index in [0.717, 1.165) is 0 Å². The zero-order chi connectivity index (χ0) is 22.6. The first kappa shape index (κ1) is 24.8. The summed E-state index contributed by atoms with van der Waals surface area (Å²) >= 11 is 1.50. The zero-order valence-corrected chi connectivity index (χ0v) is 19.1. The lowest BCUT2D eigenvalue weighted by molar-refractivity contribution is 0.0913. The van der Waals surface area contributed by atoms with Crippen LogP contribution in [0.2, 0.25) is 0 Å². The Hall–Kier alpha value is -2.42. The summed E-state index contributed by atoms with van der Waals surface area (Å²) < 4.78 is 16.8. The first-order valence-corrected chi connectivity index (χ1v) is 11.7. The van der Waals surface area contributed by atoms with E-state index in [4.69, 9.17) is 14.2 Å². The fraction of sp³-hybridized carbons (Fsp3) is 0.238. The highest BCUT2D eigenvalue weighted by Gasteiger charge is 2.13. The molecule has 2 aromatic carbocycles. The summed E-state index contributed by atoms with van der Waals surface area (Å²) in [6, 6.07) is 11.2. The molecule has 1 amide bonds. The third-order valence-corrected chi connectivity index (χ3v) is 4.89. The average Bonchev–Trinajstić information content (AvgIpc) is 2.73. The van der Waals surface area contributed by atoms with Crippen molar-refractivity contribution in [2.45, 2.75) is 13.0 Å². The molecule has 1 unspecified atom stereocenters. The zero-order valence-electron chi connectivity index (χ0n) is 17.4. The molecule has 3 N–H and O–H groups in total. The maximum absolute atomic E-state index is 12.5. The number of carbonyl (C=O) groups excluding carboxylic acids is 1. The molecule has 0 heterocycles. The molecule has 0 aliphatic rings. The van der Waals surface area contributed by atoms with Gasteiger partial charge >= 0.3 is 0 Å². The van der Waals surface area contributed by atoms with Gasteiger partial charge in [-0.3, -0.25) is 4.79 Å². The molecule has 1 atom stereocenters. The molecule has 0 saturated carbocycles. The van der Waals surface area contributed by atoms with Crippen molar-refractivity contribution in [3.05, 3.63) is 59.6 Å². The van der Waals surface area contributed by atoms with Crippen molar-refractivity contribution < 1.29 is 28.8 Å². The molecule has 10 heteroatoms. The van der Waals surface area contributed by atoms with Crippen LogP contribution in [0.5, 0.6) is 17.2 Å². The summed E-state index contributed by atoms with van der Waals surface area (Å²) in [6.45, 7) is 2.23. The van der Waals surface area contributed by atoms with Gasteiger partial charge in [0, 0.05) is 30.2 Å². The molecule has 0 saturated heterocycles. The third-order valence-electron chi connectivity index (χ3n) is 3.74. The average molecular weight is 464 g/mol. The Balaban J connectivity index is 2.24. The fourth-order valence-corrected chi connectivity index (χ4v) is 3.04. The summed E-state index contributed by atoms with van der Waals surface area (Å²) in [5.74, 6) is 0.919. The fourth-order valence-electron chi connectivity index (χ4n) is 2.43. The van der Waals surface area contributed by atoms with E-state index < -0.39 is 8.38 Å². The number of hydrogen-bond acceptors (Lipinski definition) is 8. The normalized spacial score (nSPS) is 12.5. The second-order valence-corrected chi connectivity index (χ2v) is 8.07. The predicted octanol–water partition coefficient (Wildman–Crippen LogP) is 3.41. The second-order valence-electron chi connectivity index (χ2n) is 6.23. The SMILES string of the molecule is COCC(C)Oc1cc(Oc2ccc(P(O)O)cc2)cc(C(=O)NC=N/C=C\SC)c1. The standard InChI is InChI=1S/C21H25N2O6PS/c1-15(13-27-2)28-18-10-16(21(24)23-14-22-8-9-31-3)11-19(12-18)29-17-4-6-20(7-5-17)30(25)26/h4-12,14-15,25-26H,13H2,1-3H3,(H,22,23,24)/b9-8-. The summed E-state index contributed by atoms with van der Waals surface area (Å²) in [6.07, 6.45) is 4.54. The van der Waals surface area contributed by atoms with Crippen LogP contribution in [0, 0.1) is 0 Å². The number of thioether (sulfide) groups is 1. The Bertz CT molecular complexity index is 905. The van der Waals surface area contributed by atoms with Gasteiger partial charge in [0.15, 0.2) is 8.38 Å². The van der Waals surface area contributed by atoms with Crippen LogP contribution in [-0.2, 0) is 4.74 Å². The topological polar surface area (TPSA) is 110 Å². The highest BCUT2D eigenvalue weighted by Crippen LogP contribution is 2.29. The van der Waals surface area contributed by atoms with Crippen LogP contribution in [-0.4, -0.2) is 48.1 Å². The molecule has 166 valence electrons. The van der Waals surface area contributed by atoms with Gasteiger partial charge in [-0.2, -0.15) is 0 Å². The second kappa shape index (κ2) is 13.1. The number of benzene rings is 2. The summed E-state index contributed by atoms with van der Waals surface area (Å²) in [4.78, 5) is 35.1. The van der Waals surface area contributed by atoms with Gasteiger partial charge in [0.1, 0.15) is 23.4 Å². The minimum Gasteiger partial charge on any atom is -0.488 e. The third kappa shape index (κ3) is 8.69. The van der Waals surface area contributed by atoms with Gasteiger partial charge in [-0.1, -0.05) is 0 Å². The van der Waals surface area contributed by atoms with E-state index in [1.807, 2.05) is 13.2 Å². The number of hydrogen-bond donors (Lipinski definition) is 3. The molecule has 0 radical (unpaired) electrons. The van der Waals surface area contributed by atoms with Crippen molar-refractivity contribution in [3.8, 4) is 17.2 Å². The van der Waals surface area contributed by atoms with Gasteiger partial charge in [0.2, 0.25) is 0 Å². The number of methoxy groups -OCH3 is 1. The highest BCUT2D eigenvalue weighted by molar-refractivity contribution is 8.01. The van der Waals surface area contributed by atoms with E-state index in [9.17, 15) is 14.6 Å². The summed E-state index contributed by atoms with van der Waals surface area (Å²) in [5, 5.41) is 4.78. The Morgan fingerprint density at radius 3 is 2.55 bits per heavy atom.